The molecule has 0 spiro atoms. The number of esters is 1. The molecule has 0 N–H and O–H groups in total. The summed E-state index contributed by atoms with van der Waals surface area (Å²) in [6.45, 7) is 5.82. The summed E-state index contributed by atoms with van der Waals surface area (Å²) in [6.07, 6.45) is 13.6. The highest BCUT2D eigenvalue weighted by molar-refractivity contribution is 7.99. The predicted octanol–water partition coefficient (Wildman–Crippen LogP) is 5.51. The lowest BCUT2D eigenvalue weighted by Gasteiger charge is -2.09. The van der Waals surface area contributed by atoms with Crippen molar-refractivity contribution in [3.8, 4) is 5.75 Å². The van der Waals surface area contributed by atoms with Crippen LogP contribution in [0.25, 0.3) is 0 Å². The Morgan fingerprint density at radius 2 is 1.52 bits per heavy atom. The van der Waals surface area contributed by atoms with Crippen molar-refractivity contribution in [1.29, 1.82) is 0 Å². The first kappa shape index (κ1) is 21.9. The number of carbonyl (C=O) groups is 1. The van der Waals surface area contributed by atoms with Crippen molar-refractivity contribution in [3.05, 3.63) is 5.69 Å². The van der Waals surface area contributed by atoms with Gasteiger partial charge in [-0.2, -0.15) is 0 Å². The molecule has 1 heterocycles. The topological polar surface area (TPSA) is 65.0 Å². The van der Waals surface area contributed by atoms with E-state index in [0.29, 0.717) is 22.9 Å². The van der Waals surface area contributed by atoms with Gasteiger partial charge in [-0.1, -0.05) is 71.6 Å². The second-order valence-corrected chi connectivity index (χ2v) is 7.45. The maximum atomic E-state index is 11.5. The molecule has 142 valence electrons. The van der Waals surface area contributed by atoms with Crippen LogP contribution in [-0.2, 0) is 4.79 Å². The number of aromatic nitrogens is 3. The zero-order chi connectivity index (χ0) is 18.3. The number of aryl methyl sites for hydroxylation is 1. The zero-order valence-electron chi connectivity index (χ0n) is 16.1. The molecule has 1 aromatic heterocycles. The second kappa shape index (κ2) is 14.0. The molecule has 0 radical (unpaired) electrons. The van der Waals surface area contributed by atoms with Crippen molar-refractivity contribution in [1.82, 2.24) is 15.4 Å². The molecule has 6 heteroatoms. The first-order valence-electron chi connectivity index (χ1n) is 9.72. The average molecular weight is 368 g/mol. The Kier molecular flexibility index (Phi) is 12.3. The Labute approximate surface area is 156 Å². The maximum Gasteiger partial charge on any atom is 0.311 e. The summed E-state index contributed by atoms with van der Waals surface area (Å²) in [5, 5.41) is 12.3. The molecule has 0 amide bonds. The summed E-state index contributed by atoms with van der Waals surface area (Å²) in [5.41, 5.74) is 0.613. The molecule has 5 nitrogen and oxygen atoms in total. The first-order valence-corrected chi connectivity index (χ1v) is 10.7. The van der Waals surface area contributed by atoms with Gasteiger partial charge in [-0.05, 0) is 24.3 Å². The van der Waals surface area contributed by atoms with Crippen LogP contribution < -0.4 is 4.74 Å². The number of carbonyl (C=O) groups excluding carboxylic acids is 1. The smallest absolute Gasteiger partial charge is 0.311 e. The fourth-order valence-electron chi connectivity index (χ4n) is 2.53. The number of unbranched alkanes of at least 4 members (excludes halogenated alkanes) is 9. The SMILES string of the molecule is CCCCCCCCCCCCSc1nnnc(C)c1OC(=O)CC. The third kappa shape index (κ3) is 9.78. The average Bonchev–Trinajstić information content (AvgIpc) is 2.62. The van der Waals surface area contributed by atoms with Crippen LogP contribution in [0.4, 0.5) is 0 Å². The molecule has 1 rings (SSSR count). The summed E-state index contributed by atoms with van der Waals surface area (Å²) in [6, 6.07) is 0. The molecule has 0 aromatic carbocycles. The normalized spacial score (nSPS) is 10.8. The minimum Gasteiger partial charge on any atom is -0.422 e. The van der Waals surface area contributed by atoms with E-state index in [1.165, 1.54) is 57.8 Å². The number of thioether (sulfide) groups is 1. The van der Waals surface area contributed by atoms with Gasteiger partial charge in [0.05, 0.1) is 0 Å². The number of hydrogen-bond donors (Lipinski definition) is 0. The van der Waals surface area contributed by atoms with Crippen molar-refractivity contribution in [2.45, 2.75) is 96.4 Å². The minimum atomic E-state index is -0.265. The quantitative estimate of drug-likeness (QED) is 0.245. The third-order valence-electron chi connectivity index (χ3n) is 4.09. The molecule has 0 saturated carbocycles. The summed E-state index contributed by atoms with van der Waals surface area (Å²) in [7, 11) is 0. The largest absolute Gasteiger partial charge is 0.422 e. The van der Waals surface area contributed by atoms with Crippen molar-refractivity contribution in [2.24, 2.45) is 0 Å². The van der Waals surface area contributed by atoms with Gasteiger partial charge in [0.2, 0.25) is 0 Å². The first-order chi connectivity index (χ1) is 12.2. The van der Waals surface area contributed by atoms with Crippen molar-refractivity contribution in [2.75, 3.05) is 5.75 Å². The van der Waals surface area contributed by atoms with Gasteiger partial charge in [0, 0.05) is 6.42 Å². The Bertz CT molecular complexity index is 498. The molecule has 25 heavy (non-hydrogen) atoms. The van der Waals surface area contributed by atoms with Gasteiger partial charge in [0.15, 0.2) is 10.8 Å². The highest BCUT2D eigenvalue weighted by atomic mass is 32.2. The highest BCUT2D eigenvalue weighted by Crippen LogP contribution is 2.29. The molecular weight excluding hydrogens is 334 g/mol. The fraction of sp³-hybridized carbons (Fsp3) is 0.789. The lowest BCUT2D eigenvalue weighted by Crippen LogP contribution is -2.10. The number of rotatable bonds is 14. The predicted molar refractivity (Wildman–Crippen MR) is 103 cm³/mol. The molecule has 0 bridgehead atoms. The number of ether oxygens (including phenoxy) is 1. The van der Waals surface area contributed by atoms with Crippen LogP contribution in [0.1, 0.15) is 90.2 Å². The van der Waals surface area contributed by atoms with E-state index in [0.717, 1.165) is 12.2 Å². The summed E-state index contributed by atoms with van der Waals surface area (Å²) < 4.78 is 5.35. The van der Waals surface area contributed by atoms with Crippen LogP contribution in [-0.4, -0.2) is 27.1 Å². The van der Waals surface area contributed by atoms with Gasteiger partial charge in [-0.25, -0.2) is 0 Å². The number of hydrogen-bond acceptors (Lipinski definition) is 6. The van der Waals surface area contributed by atoms with Crippen molar-refractivity contribution >= 4 is 17.7 Å². The Hall–Kier alpha value is -1.17. The van der Waals surface area contributed by atoms with E-state index in [-0.39, 0.29) is 5.97 Å². The lowest BCUT2D eigenvalue weighted by atomic mass is 10.1. The van der Waals surface area contributed by atoms with Crippen LogP contribution in [0.15, 0.2) is 5.03 Å². The molecular formula is C19H33N3O2S. The van der Waals surface area contributed by atoms with Crippen molar-refractivity contribution < 1.29 is 9.53 Å². The summed E-state index contributed by atoms with van der Waals surface area (Å²) >= 11 is 1.60. The maximum absolute atomic E-state index is 11.5. The summed E-state index contributed by atoms with van der Waals surface area (Å²) in [5.74, 6) is 1.17. The minimum absolute atomic E-state index is 0.265. The molecule has 0 aliphatic carbocycles. The molecule has 0 aliphatic heterocycles. The molecule has 0 saturated heterocycles. The van der Waals surface area contributed by atoms with Gasteiger partial charge in [0.25, 0.3) is 0 Å². The van der Waals surface area contributed by atoms with E-state index in [4.69, 9.17) is 4.74 Å². The van der Waals surface area contributed by atoms with E-state index >= 15 is 0 Å². The van der Waals surface area contributed by atoms with Gasteiger partial charge >= 0.3 is 5.97 Å². The third-order valence-corrected chi connectivity index (χ3v) is 5.13. The zero-order valence-corrected chi connectivity index (χ0v) is 16.9. The highest BCUT2D eigenvalue weighted by Gasteiger charge is 2.14. The van der Waals surface area contributed by atoms with E-state index in [9.17, 15) is 4.79 Å². The van der Waals surface area contributed by atoms with Gasteiger partial charge < -0.3 is 4.74 Å². The van der Waals surface area contributed by atoms with Gasteiger partial charge in [-0.15, -0.1) is 22.0 Å². The monoisotopic (exact) mass is 367 g/mol. The van der Waals surface area contributed by atoms with Crippen molar-refractivity contribution in [3.63, 3.8) is 0 Å². The van der Waals surface area contributed by atoms with E-state index in [2.05, 4.69) is 22.3 Å². The standard InChI is InChI=1S/C19H33N3O2S/c1-4-6-7-8-9-10-11-12-13-14-15-25-19-18(24-17(23)5-2)16(3)20-22-21-19/h4-15H2,1-3H3. The molecule has 0 atom stereocenters. The molecule has 0 aliphatic rings. The van der Waals surface area contributed by atoms with Crippen LogP contribution in [0.5, 0.6) is 5.75 Å². The molecule has 0 unspecified atom stereocenters. The van der Waals surface area contributed by atoms with E-state index < -0.39 is 0 Å². The Morgan fingerprint density at radius 3 is 2.12 bits per heavy atom. The molecule has 0 fully saturated rings. The lowest BCUT2D eigenvalue weighted by molar-refractivity contribution is -0.134. The van der Waals surface area contributed by atoms with Crippen LogP contribution >= 0.6 is 11.8 Å². The van der Waals surface area contributed by atoms with Crippen LogP contribution in [0.2, 0.25) is 0 Å². The second-order valence-electron chi connectivity index (χ2n) is 6.37. The Morgan fingerprint density at radius 1 is 0.920 bits per heavy atom. The van der Waals surface area contributed by atoms with Gasteiger partial charge in [0.1, 0.15) is 5.69 Å². The fourth-order valence-corrected chi connectivity index (χ4v) is 3.49. The molecule has 1 aromatic rings. The van der Waals surface area contributed by atoms with Gasteiger partial charge in [-0.3, -0.25) is 4.79 Å². The summed E-state index contributed by atoms with van der Waals surface area (Å²) in [4.78, 5) is 11.5. The van der Waals surface area contributed by atoms with Crippen LogP contribution in [0, 0.1) is 6.92 Å². The van der Waals surface area contributed by atoms with E-state index in [1.54, 1.807) is 25.6 Å². The Balaban J connectivity index is 2.17. The van der Waals surface area contributed by atoms with Crippen LogP contribution in [0.3, 0.4) is 0 Å². The van der Waals surface area contributed by atoms with E-state index in [1.807, 2.05) is 0 Å². The number of nitrogens with zero attached hydrogens (tertiary/aromatic N) is 3.